The fourth-order valence-corrected chi connectivity index (χ4v) is 3.70. The average Bonchev–Trinajstić information content (AvgIpc) is 3.31. The molecule has 2 saturated heterocycles. The van der Waals surface area contributed by atoms with Crippen LogP contribution in [-0.2, 0) is 4.79 Å². The quantitative estimate of drug-likeness (QED) is 0.846. The molecule has 3 fully saturated rings. The van der Waals surface area contributed by atoms with E-state index in [1.807, 2.05) is 0 Å². The van der Waals surface area contributed by atoms with Gasteiger partial charge in [-0.2, -0.15) is 0 Å². The normalized spacial score (nSPS) is 30.4. The summed E-state index contributed by atoms with van der Waals surface area (Å²) in [7, 11) is 0. The molecule has 2 heterocycles. The van der Waals surface area contributed by atoms with E-state index < -0.39 is 0 Å². The lowest BCUT2D eigenvalue weighted by atomic mass is 9.93. The first kappa shape index (κ1) is 14.3. The summed E-state index contributed by atoms with van der Waals surface area (Å²) in [4.78, 5) is 17.4. The molecule has 3 aliphatic rings. The van der Waals surface area contributed by atoms with Crippen LogP contribution in [-0.4, -0.2) is 60.5 Å². The highest BCUT2D eigenvalue weighted by molar-refractivity contribution is 5.79. The summed E-state index contributed by atoms with van der Waals surface area (Å²) in [5.74, 6) is 0.566. The summed E-state index contributed by atoms with van der Waals surface area (Å²) in [6.45, 7) is 8.09. The molecule has 1 unspecified atom stereocenters. The van der Waals surface area contributed by atoms with E-state index in [-0.39, 0.29) is 5.92 Å². The van der Waals surface area contributed by atoms with Gasteiger partial charge in [0.25, 0.3) is 0 Å². The lowest BCUT2D eigenvalue weighted by Gasteiger charge is -2.41. The molecule has 0 bridgehead atoms. The molecule has 1 amide bonds. The highest BCUT2D eigenvalue weighted by atomic mass is 16.2. The van der Waals surface area contributed by atoms with Crippen LogP contribution in [0.3, 0.4) is 0 Å². The van der Waals surface area contributed by atoms with Crippen molar-refractivity contribution < 1.29 is 4.79 Å². The lowest BCUT2D eigenvalue weighted by molar-refractivity contribution is -0.127. The molecule has 1 N–H and O–H groups in total. The Bertz CT molecular complexity index is 335. The molecule has 1 atom stereocenters. The summed E-state index contributed by atoms with van der Waals surface area (Å²) in [6.07, 6.45) is 7.23. The second-order valence-corrected chi connectivity index (χ2v) is 6.78. The number of carbonyl (C=O) groups excluding carboxylic acids is 1. The second-order valence-electron chi connectivity index (χ2n) is 6.78. The zero-order valence-corrected chi connectivity index (χ0v) is 12.8. The van der Waals surface area contributed by atoms with Gasteiger partial charge in [-0.25, -0.2) is 0 Å². The molecular weight excluding hydrogens is 250 g/mol. The Morgan fingerprint density at radius 3 is 2.50 bits per heavy atom. The summed E-state index contributed by atoms with van der Waals surface area (Å²) in [5.41, 5.74) is 0. The Hall–Kier alpha value is -0.610. The van der Waals surface area contributed by atoms with Crippen molar-refractivity contribution in [3.8, 4) is 0 Å². The van der Waals surface area contributed by atoms with Gasteiger partial charge in [0.05, 0.1) is 5.92 Å². The van der Waals surface area contributed by atoms with E-state index in [0.29, 0.717) is 18.0 Å². The van der Waals surface area contributed by atoms with E-state index in [1.54, 1.807) is 0 Å². The van der Waals surface area contributed by atoms with Gasteiger partial charge in [-0.15, -0.1) is 0 Å². The van der Waals surface area contributed by atoms with Gasteiger partial charge in [-0.05, 0) is 64.7 Å². The zero-order chi connectivity index (χ0) is 13.9. The first-order valence-electron chi connectivity index (χ1n) is 8.53. The minimum Gasteiger partial charge on any atom is -0.353 e. The SMILES string of the molecule is CCN1CCC(N2CCCC(C(=O)NC3CC3)C2)CC1. The Morgan fingerprint density at radius 2 is 1.85 bits per heavy atom. The van der Waals surface area contributed by atoms with Crippen molar-refractivity contribution in [2.75, 3.05) is 32.7 Å². The molecule has 4 heteroatoms. The third-order valence-electron chi connectivity index (χ3n) is 5.27. The van der Waals surface area contributed by atoms with Crippen molar-refractivity contribution in [1.29, 1.82) is 0 Å². The minimum atomic E-state index is 0.244. The van der Waals surface area contributed by atoms with Gasteiger partial charge in [-0.1, -0.05) is 6.92 Å². The maximum atomic E-state index is 12.2. The third kappa shape index (κ3) is 3.53. The predicted octanol–water partition coefficient (Wildman–Crippen LogP) is 1.46. The molecular formula is C16H29N3O. The predicted molar refractivity (Wildman–Crippen MR) is 80.6 cm³/mol. The number of likely N-dealkylation sites (tertiary alicyclic amines) is 2. The van der Waals surface area contributed by atoms with Crippen molar-refractivity contribution >= 4 is 5.91 Å². The second kappa shape index (κ2) is 6.44. The minimum absolute atomic E-state index is 0.244. The summed E-state index contributed by atoms with van der Waals surface area (Å²) in [6, 6.07) is 1.22. The third-order valence-corrected chi connectivity index (χ3v) is 5.27. The average molecular weight is 279 g/mol. The Morgan fingerprint density at radius 1 is 1.10 bits per heavy atom. The first-order valence-corrected chi connectivity index (χ1v) is 8.53. The number of nitrogens with one attached hydrogen (secondary N) is 1. The van der Waals surface area contributed by atoms with E-state index in [0.717, 1.165) is 13.0 Å². The smallest absolute Gasteiger partial charge is 0.224 e. The fraction of sp³-hybridized carbons (Fsp3) is 0.938. The monoisotopic (exact) mass is 279 g/mol. The number of hydrogen-bond acceptors (Lipinski definition) is 3. The molecule has 0 aromatic rings. The Balaban J connectivity index is 1.48. The van der Waals surface area contributed by atoms with Gasteiger partial charge < -0.3 is 10.2 Å². The Kier molecular flexibility index (Phi) is 4.61. The molecule has 3 rings (SSSR count). The molecule has 20 heavy (non-hydrogen) atoms. The fourth-order valence-electron chi connectivity index (χ4n) is 3.70. The van der Waals surface area contributed by atoms with E-state index >= 15 is 0 Å². The topological polar surface area (TPSA) is 35.6 Å². The van der Waals surface area contributed by atoms with Crippen LogP contribution in [0.5, 0.6) is 0 Å². The van der Waals surface area contributed by atoms with Crippen LogP contribution < -0.4 is 5.32 Å². The molecule has 0 aromatic carbocycles. The van der Waals surface area contributed by atoms with E-state index in [9.17, 15) is 4.79 Å². The number of carbonyl (C=O) groups is 1. The lowest BCUT2D eigenvalue weighted by Crippen LogP contribution is -2.50. The summed E-state index contributed by atoms with van der Waals surface area (Å²) >= 11 is 0. The Labute approximate surface area is 122 Å². The maximum absolute atomic E-state index is 12.2. The van der Waals surface area contributed by atoms with Crippen LogP contribution in [0.2, 0.25) is 0 Å². The highest BCUT2D eigenvalue weighted by Gasteiger charge is 2.33. The van der Waals surface area contributed by atoms with Crippen LogP contribution in [0.15, 0.2) is 0 Å². The van der Waals surface area contributed by atoms with Crippen LogP contribution >= 0.6 is 0 Å². The van der Waals surface area contributed by atoms with Crippen LogP contribution in [0, 0.1) is 5.92 Å². The van der Waals surface area contributed by atoms with Gasteiger partial charge in [0, 0.05) is 18.6 Å². The number of hydrogen-bond donors (Lipinski definition) is 1. The highest BCUT2D eigenvalue weighted by Crippen LogP contribution is 2.25. The van der Waals surface area contributed by atoms with E-state index in [4.69, 9.17) is 0 Å². The molecule has 2 aliphatic heterocycles. The number of piperidine rings is 2. The molecule has 114 valence electrons. The van der Waals surface area contributed by atoms with Crippen molar-refractivity contribution in [3.63, 3.8) is 0 Å². The molecule has 1 aliphatic carbocycles. The number of nitrogens with zero attached hydrogens (tertiary/aromatic N) is 2. The van der Waals surface area contributed by atoms with Gasteiger partial charge in [0.15, 0.2) is 0 Å². The standard InChI is InChI=1S/C16H29N3O/c1-2-18-10-7-15(8-11-18)19-9-3-4-13(12-19)16(20)17-14-5-6-14/h13-15H,2-12H2,1H3,(H,17,20). The molecule has 0 aromatic heterocycles. The van der Waals surface area contributed by atoms with Gasteiger partial charge in [0.1, 0.15) is 0 Å². The van der Waals surface area contributed by atoms with Crippen molar-refractivity contribution in [2.24, 2.45) is 5.92 Å². The first-order chi connectivity index (χ1) is 9.76. The van der Waals surface area contributed by atoms with Gasteiger partial charge >= 0.3 is 0 Å². The molecule has 1 saturated carbocycles. The van der Waals surface area contributed by atoms with E-state index in [2.05, 4.69) is 22.0 Å². The number of rotatable bonds is 4. The van der Waals surface area contributed by atoms with Crippen molar-refractivity contribution in [3.05, 3.63) is 0 Å². The summed E-state index contributed by atoms with van der Waals surface area (Å²) < 4.78 is 0. The van der Waals surface area contributed by atoms with Crippen LogP contribution in [0.1, 0.15) is 45.4 Å². The summed E-state index contributed by atoms with van der Waals surface area (Å²) in [5, 5.41) is 3.19. The molecule has 0 spiro atoms. The van der Waals surface area contributed by atoms with E-state index in [1.165, 1.54) is 58.3 Å². The molecule has 0 radical (unpaired) electrons. The van der Waals surface area contributed by atoms with Crippen molar-refractivity contribution in [1.82, 2.24) is 15.1 Å². The van der Waals surface area contributed by atoms with Crippen LogP contribution in [0.4, 0.5) is 0 Å². The van der Waals surface area contributed by atoms with Crippen LogP contribution in [0.25, 0.3) is 0 Å². The molecule has 4 nitrogen and oxygen atoms in total. The maximum Gasteiger partial charge on any atom is 0.224 e. The number of amides is 1. The largest absolute Gasteiger partial charge is 0.353 e. The van der Waals surface area contributed by atoms with Gasteiger partial charge in [0.2, 0.25) is 5.91 Å². The zero-order valence-electron chi connectivity index (χ0n) is 12.8. The van der Waals surface area contributed by atoms with Crippen molar-refractivity contribution in [2.45, 2.75) is 57.5 Å². The van der Waals surface area contributed by atoms with Gasteiger partial charge in [-0.3, -0.25) is 9.69 Å².